The van der Waals surface area contributed by atoms with Crippen molar-refractivity contribution < 1.29 is 23.5 Å². The number of hydrogen-bond donors (Lipinski definition) is 1. The SMILES string of the molecule is Cc1cc(C(=O)NCc2ccc(C#N)cc2OCCCC2=CC(=O)c3ccccc3C2=O)ccc1F. The zero-order chi connectivity index (χ0) is 25.7. The highest BCUT2D eigenvalue weighted by atomic mass is 19.1. The van der Waals surface area contributed by atoms with Crippen LogP contribution in [0.4, 0.5) is 4.39 Å². The summed E-state index contributed by atoms with van der Waals surface area (Å²) in [5.74, 6) is -0.641. The number of carbonyl (C=O) groups is 3. The summed E-state index contributed by atoms with van der Waals surface area (Å²) in [7, 11) is 0. The molecular formula is C29H23FN2O4. The molecule has 0 saturated heterocycles. The van der Waals surface area contributed by atoms with Crippen LogP contribution in [-0.2, 0) is 6.54 Å². The second-order valence-electron chi connectivity index (χ2n) is 8.44. The molecule has 7 heteroatoms. The number of nitriles is 1. The zero-order valence-corrected chi connectivity index (χ0v) is 19.6. The van der Waals surface area contributed by atoms with Crippen molar-refractivity contribution in [3.8, 4) is 11.8 Å². The summed E-state index contributed by atoms with van der Waals surface area (Å²) >= 11 is 0. The van der Waals surface area contributed by atoms with E-state index in [-0.39, 0.29) is 36.4 Å². The van der Waals surface area contributed by atoms with Crippen molar-refractivity contribution in [2.75, 3.05) is 6.61 Å². The van der Waals surface area contributed by atoms with E-state index in [1.807, 2.05) is 0 Å². The van der Waals surface area contributed by atoms with E-state index in [0.29, 0.717) is 57.5 Å². The Morgan fingerprint density at radius 1 is 1.06 bits per heavy atom. The Hall–Kier alpha value is -4.57. The van der Waals surface area contributed by atoms with Gasteiger partial charge in [-0.1, -0.05) is 30.3 Å². The minimum absolute atomic E-state index is 0.144. The van der Waals surface area contributed by atoms with E-state index in [4.69, 9.17) is 4.74 Å². The maximum Gasteiger partial charge on any atom is 0.251 e. The van der Waals surface area contributed by atoms with Gasteiger partial charge >= 0.3 is 0 Å². The van der Waals surface area contributed by atoms with Gasteiger partial charge in [0.05, 0.1) is 18.2 Å². The van der Waals surface area contributed by atoms with Crippen molar-refractivity contribution >= 4 is 17.5 Å². The van der Waals surface area contributed by atoms with E-state index in [1.54, 1.807) is 49.4 Å². The van der Waals surface area contributed by atoms with Gasteiger partial charge in [-0.05, 0) is 61.7 Å². The Kier molecular flexibility index (Phi) is 7.36. The van der Waals surface area contributed by atoms with Gasteiger partial charge in [0.1, 0.15) is 11.6 Å². The van der Waals surface area contributed by atoms with Crippen molar-refractivity contribution in [1.82, 2.24) is 5.32 Å². The number of carbonyl (C=O) groups excluding carboxylic acids is 3. The number of benzene rings is 3. The van der Waals surface area contributed by atoms with Crippen molar-refractivity contribution in [3.05, 3.63) is 112 Å². The number of hydrogen-bond acceptors (Lipinski definition) is 5. The van der Waals surface area contributed by atoms with Crippen LogP contribution in [0, 0.1) is 24.1 Å². The first-order chi connectivity index (χ1) is 17.4. The molecule has 4 rings (SSSR count). The summed E-state index contributed by atoms with van der Waals surface area (Å²) < 4.78 is 19.4. The molecule has 1 amide bonds. The predicted molar refractivity (Wildman–Crippen MR) is 131 cm³/mol. The molecule has 0 bridgehead atoms. The first-order valence-electron chi connectivity index (χ1n) is 11.5. The maximum absolute atomic E-state index is 13.5. The lowest BCUT2D eigenvalue weighted by Crippen LogP contribution is -2.23. The highest BCUT2D eigenvalue weighted by molar-refractivity contribution is 6.24. The molecule has 180 valence electrons. The minimum atomic E-state index is -0.381. The van der Waals surface area contributed by atoms with E-state index in [0.717, 1.165) is 0 Å². The van der Waals surface area contributed by atoms with Gasteiger partial charge < -0.3 is 10.1 Å². The van der Waals surface area contributed by atoms with Gasteiger partial charge in [0, 0.05) is 34.4 Å². The summed E-state index contributed by atoms with van der Waals surface area (Å²) in [4.78, 5) is 37.5. The predicted octanol–water partition coefficient (Wildman–Crippen LogP) is 5.10. The van der Waals surface area contributed by atoms with E-state index < -0.39 is 0 Å². The van der Waals surface area contributed by atoms with Crippen molar-refractivity contribution in [1.29, 1.82) is 5.26 Å². The van der Waals surface area contributed by atoms with Crippen LogP contribution >= 0.6 is 0 Å². The molecule has 0 fully saturated rings. The standard InChI is InChI=1S/C29H23FN2O4/c1-18-13-21(10-11-25(18)30)29(35)32-17-22-9-8-19(16-31)14-27(22)36-12-4-5-20-15-26(33)23-6-2-3-7-24(23)28(20)34/h2-3,6-11,13-15H,4-5,12,17H2,1H3,(H,32,35). The van der Waals surface area contributed by atoms with Crippen LogP contribution in [0.15, 0.2) is 72.3 Å². The molecule has 1 N–H and O–H groups in total. The Morgan fingerprint density at radius 3 is 2.58 bits per heavy atom. The molecule has 0 heterocycles. The van der Waals surface area contributed by atoms with Gasteiger partial charge in [-0.3, -0.25) is 14.4 Å². The van der Waals surface area contributed by atoms with Crippen LogP contribution in [0.2, 0.25) is 0 Å². The number of nitrogens with zero attached hydrogens (tertiary/aromatic N) is 1. The number of ether oxygens (including phenoxy) is 1. The smallest absolute Gasteiger partial charge is 0.251 e. The van der Waals surface area contributed by atoms with E-state index in [9.17, 15) is 24.0 Å². The first-order valence-corrected chi connectivity index (χ1v) is 11.5. The number of nitrogens with one attached hydrogen (secondary N) is 1. The monoisotopic (exact) mass is 482 g/mol. The largest absolute Gasteiger partial charge is 0.493 e. The molecular weight excluding hydrogens is 459 g/mol. The molecule has 6 nitrogen and oxygen atoms in total. The fraction of sp³-hybridized carbons (Fsp3) is 0.172. The van der Waals surface area contributed by atoms with Gasteiger partial charge in [0.25, 0.3) is 5.91 Å². The number of amides is 1. The summed E-state index contributed by atoms with van der Waals surface area (Å²) in [6.07, 6.45) is 2.23. The van der Waals surface area contributed by atoms with Crippen molar-refractivity contribution in [3.63, 3.8) is 0 Å². The van der Waals surface area contributed by atoms with Crippen molar-refractivity contribution in [2.45, 2.75) is 26.3 Å². The number of ketones is 2. The average molecular weight is 483 g/mol. The summed E-state index contributed by atoms with van der Waals surface area (Å²) in [6.45, 7) is 1.98. The molecule has 1 aliphatic rings. The number of halogens is 1. The lowest BCUT2D eigenvalue weighted by atomic mass is 9.88. The second kappa shape index (κ2) is 10.8. The quantitative estimate of drug-likeness (QED) is 0.451. The number of fused-ring (bicyclic) bond motifs is 1. The normalized spacial score (nSPS) is 12.4. The maximum atomic E-state index is 13.5. The third kappa shape index (κ3) is 5.39. The van der Waals surface area contributed by atoms with Crippen molar-refractivity contribution in [2.24, 2.45) is 0 Å². The Bertz CT molecular complexity index is 1440. The van der Waals surface area contributed by atoms with Gasteiger partial charge in [-0.15, -0.1) is 0 Å². The van der Waals surface area contributed by atoms with E-state index in [2.05, 4.69) is 11.4 Å². The lowest BCUT2D eigenvalue weighted by molar-refractivity contribution is 0.0949. The lowest BCUT2D eigenvalue weighted by Gasteiger charge is -2.16. The fourth-order valence-corrected chi connectivity index (χ4v) is 3.97. The molecule has 0 unspecified atom stereocenters. The highest BCUT2D eigenvalue weighted by Crippen LogP contribution is 2.25. The molecule has 1 aliphatic carbocycles. The van der Waals surface area contributed by atoms with E-state index >= 15 is 0 Å². The summed E-state index contributed by atoms with van der Waals surface area (Å²) in [5.41, 5.74) is 3.05. The number of aryl methyl sites for hydroxylation is 1. The van der Waals surface area contributed by atoms with Crippen LogP contribution in [0.5, 0.6) is 5.75 Å². The third-order valence-corrected chi connectivity index (χ3v) is 5.94. The van der Waals surface area contributed by atoms with Crippen LogP contribution in [0.25, 0.3) is 0 Å². The molecule has 0 aliphatic heterocycles. The third-order valence-electron chi connectivity index (χ3n) is 5.94. The molecule has 3 aromatic rings. The van der Waals surface area contributed by atoms with Crippen LogP contribution < -0.4 is 10.1 Å². The topological polar surface area (TPSA) is 96.3 Å². The number of rotatable bonds is 8. The van der Waals surface area contributed by atoms with Gasteiger partial charge in [-0.2, -0.15) is 5.26 Å². The molecule has 0 aromatic heterocycles. The Balaban J connectivity index is 1.38. The Labute approximate surface area is 208 Å². The zero-order valence-electron chi connectivity index (χ0n) is 19.6. The fourth-order valence-electron chi connectivity index (χ4n) is 3.97. The van der Waals surface area contributed by atoms with Crippen LogP contribution in [-0.4, -0.2) is 24.1 Å². The van der Waals surface area contributed by atoms with Crippen LogP contribution in [0.3, 0.4) is 0 Å². The average Bonchev–Trinajstić information content (AvgIpc) is 2.89. The minimum Gasteiger partial charge on any atom is -0.493 e. The molecule has 0 saturated carbocycles. The van der Waals surface area contributed by atoms with Crippen LogP contribution in [0.1, 0.15) is 60.6 Å². The molecule has 0 spiro atoms. The molecule has 0 radical (unpaired) electrons. The Morgan fingerprint density at radius 2 is 1.83 bits per heavy atom. The highest BCUT2D eigenvalue weighted by Gasteiger charge is 2.24. The first kappa shape index (κ1) is 24.6. The number of allylic oxidation sites excluding steroid dienone is 2. The number of Topliss-reactive ketones (excluding diaryl/α,β-unsaturated/α-hetero) is 1. The van der Waals surface area contributed by atoms with Gasteiger partial charge in [-0.25, -0.2) is 4.39 Å². The molecule has 0 atom stereocenters. The van der Waals surface area contributed by atoms with E-state index in [1.165, 1.54) is 24.3 Å². The summed E-state index contributed by atoms with van der Waals surface area (Å²) in [6, 6.07) is 17.9. The summed E-state index contributed by atoms with van der Waals surface area (Å²) in [5, 5.41) is 12.0. The molecule has 36 heavy (non-hydrogen) atoms. The van der Waals surface area contributed by atoms with Gasteiger partial charge in [0.15, 0.2) is 11.6 Å². The second-order valence-corrected chi connectivity index (χ2v) is 8.44. The van der Waals surface area contributed by atoms with Gasteiger partial charge in [0.2, 0.25) is 0 Å². The molecule has 3 aromatic carbocycles.